The van der Waals surface area contributed by atoms with Gasteiger partial charge in [0, 0.05) is 31.7 Å². The van der Waals surface area contributed by atoms with E-state index < -0.39 is 0 Å². The first kappa shape index (κ1) is 20.7. The van der Waals surface area contributed by atoms with E-state index in [0.717, 1.165) is 30.8 Å². The van der Waals surface area contributed by atoms with Crippen molar-refractivity contribution in [3.8, 4) is 5.75 Å². The van der Waals surface area contributed by atoms with Crippen LogP contribution in [0.2, 0.25) is 0 Å². The first-order chi connectivity index (χ1) is 13.9. The molecule has 3 aliphatic rings. The topological polar surface area (TPSA) is 56.8 Å². The number of nitrogens with one attached hydrogen (secondary N) is 1. The zero-order valence-corrected chi connectivity index (χ0v) is 18.2. The molecule has 2 saturated carbocycles. The molecule has 1 N–H and O–H groups in total. The second kappa shape index (κ2) is 7.92. The third-order valence-electron chi connectivity index (χ3n) is 7.87. The molecule has 2 bridgehead atoms. The fourth-order valence-electron chi connectivity index (χ4n) is 6.53. The smallest absolute Gasteiger partial charge is 0.222 e. The predicted molar refractivity (Wildman–Crippen MR) is 112 cm³/mol. The van der Waals surface area contributed by atoms with Gasteiger partial charge in [0.2, 0.25) is 5.91 Å². The summed E-state index contributed by atoms with van der Waals surface area (Å²) >= 11 is 0. The van der Waals surface area contributed by atoms with Crippen molar-refractivity contribution < 1.29 is 19.0 Å². The molecule has 1 aliphatic heterocycles. The second-order valence-electron chi connectivity index (χ2n) is 9.55. The highest BCUT2D eigenvalue weighted by Crippen LogP contribution is 2.70. The number of ether oxygens (including phenoxy) is 3. The van der Waals surface area contributed by atoms with Crippen molar-refractivity contribution >= 4 is 5.91 Å². The summed E-state index contributed by atoms with van der Waals surface area (Å²) in [5, 5.41) is 3.43. The fourth-order valence-corrected chi connectivity index (χ4v) is 6.53. The third kappa shape index (κ3) is 3.36. The Morgan fingerprint density at radius 3 is 2.86 bits per heavy atom. The van der Waals surface area contributed by atoms with E-state index in [2.05, 4.69) is 31.3 Å². The van der Waals surface area contributed by atoms with E-state index in [1.165, 1.54) is 6.42 Å². The molecule has 5 heteroatoms. The van der Waals surface area contributed by atoms with Crippen molar-refractivity contribution in [2.45, 2.75) is 58.6 Å². The van der Waals surface area contributed by atoms with Gasteiger partial charge in [-0.25, -0.2) is 0 Å². The van der Waals surface area contributed by atoms with Crippen LogP contribution in [0, 0.1) is 22.7 Å². The highest BCUT2D eigenvalue weighted by Gasteiger charge is 2.68. The van der Waals surface area contributed by atoms with E-state index in [0.29, 0.717) is 31.5 Å². The molecule has 1 aromatic carbocycles. The lowest BCUT2D eigenvalue weighted by atomic mass is 9.58. The fraction of sp³-hybridized carbons (Fsp3) is 0.708. The van der Waals surface area contributed by atoms with E-state index in [-0.39, 0.29) is 28.9 Å². The minimum atomic E-state index is 0.0333. The number of methoxy groups -OCH3 is 1. The average molecular weight is 402 g/mol. The van der Waals surface area contributed by atoms with Crippen LogP contribution in [0.3, 0.4) is 0 Å². The molecule has 5 atom stereocenters. The molecule has 0 aromatic heterocycles. The lowest BCUT2D eigenvalue weighted by Gasteiger charge is -2.53. The molecule has 1 spiro atoms. The number of carbonyl (C=O) groups is 1. The molecular weight excluding hydrogens is 366 g/mol. The quantitative estimate of drug-likeness (QED) is 0.747. The number of para-hydroxylation sites is 1. The summed E-state index contributed by atoms with van der Waals surface area (Å²) in [6.45, 7) is 8.53. The minimum absolute atomic E-state index is 0.0333. The van der Waals surface area contributed by atoms with Crippen molar-refractivity contribution in [3.63, 3.8) is 0 Å². The van der Waals surface area contributed by atoms with Crippen molar-refractivity contribution in [1.82, 2.24) is 5.32 Å². The van der Waals surface area contributed by atoms with Gasteiger partial charge in [0.1, 0.15) is 5.75 Å². The van der Waals surface area contributed by atoms with E-state index in [1.807, 2.05) is 19.1 Å². The Kier molecular flexibility index (Phi) is 5.64. The van der Waals surface area contributed by atoms with Crippen LogP contribution in [0.5, 0.6) is 5.75 Å². The van der Waals surface area contributed by atoms with Crippen LogP contribution in [0.4, 0.5) is 0 Å². The molecule has 1 amide bonds. The zero-order chi connectivity index (χ0) is 20.6. The molecule has 3 fully saturated rings. The normalized spacial score (nSPS) is 34.6. The Hall–Kier alpha value is -1.59. The molecule has 5 nitrogen and oxygen atoms in total. The first-order valence-electron chi connectivity index (χ1n) is 11.1. The molecule has 1 aromatic rings. The van der Waals surface area contributed by atoms with E-state index in [9.17, 15) is 4.79 Å². The maximum absolute atomic E-state index is 12.6. The Labute approximate surface area is 174 Å². The molecule has 1 heterocycles. The van der Waals surface area contributed by atoms with Crippen molar-refractivity contribution in [1.29, 1.82) is 0 Å². The number of carbonyl (C=O) groups excluding carboxylic acids is 1. The van der Waals surface area contributed by atoms with E-state index in [1.54, 1.807) is 7.11 Å². The summed E-state index contributed by atoms with van der Waals surface area (Å²) in [6.07, 6.45) is 3.80. The standard InChI is InChI=1S/C24H35NO4/c1-5-28-19-9-7-6-8-17(19)21-18-14-16-15-24(18,11-13-29-21)22(23(16,2)3)25-20(26)10-12-27-4/h6-9,16,18,21-22H,5,10-15H2,1-4H3,(H,25,26)/t16-,18-,21-,22-,24-/m1/s1. The monoisotopic (exact) mass is 401 g/mol. The minimum Gasteiger partial charge on any atom is -0.493 e. The van der Waals surface area contributed by atoms with Crippen LogP contribution in [-0.2, 0) is 14.3 Å². The van der Waals surface area contributed by atoms with Gasteiger partial charge < -0.3 is 19.5 Å². The van der Waals surface area contributed by atoms with Crippen LogP contribution >= 0.6 is 0 Å². The maximum atomic E-state index is 12.6. The molecule has 0 radical (unpaired) electrons. The summed E-state index contributed by atoms with van der Waals surface area (Å²) in [6, 6.07) is 8.47. The average Bonchev–Trinajstić information content (AvgIpc) is 3.20. The number of fused-ring (bicyclic) bond motifs is 1. The van der Waals surface area contributed by atoms with Gasteiger partial charge in [0.05, 0.1) is 19.3 Å². The van der Waals surface area contributed by atoms with Crippen LogP contribution in [0.1, 0.15) is 58.1 Å². The van der Waals surface area contributed by atoms with Gasteiger partial charge in [0.25, 0.3) is 0 Å². The molecule has 4 rings (SSSR count). The van der Waals surface area contributed by atoms with Crippen LogP contribution in [0.15, 0.2) is 24.3 Å². The number of rotatable bonds is 7. The Morgan fingerprint density at radius 1 is 1.31 bits per heavy atom. The highest BCUT2D eigenvalue weighted by molar-refractivity contribution is 5.76. The third-order valence-corrected chi connectivity index (χ3v) is 7.87. The SMILES string of the molecule is CCOc1ccccc1[C@H]1OCC[C@@]23C[C@@H](C[C@H]12)C(C)(C)[C@H]3NC(=O)CCOC. The van der Waals surface area contributed by atoms with Crippen molar-refractivity contribution in [2.75, 3.05) is 26.9 Å². The Balaban J connectivity index is 1.64. The van der Waals surface area contributed by atoms with Gasteiger partial charge in [-0.3, -0.25) is 4.79 Å². The van der Waals surface area contributed by atoms with Gasteiger partial charge in [-0.2, -0.15) is 0 Å². The van der Waals surface area contributed by atoms with Crippen LogP contribution in [0.25, 0.3) is 0 Å². The Morgan fingerprint density at radius 2 is 2.10 bits per heavy atom. The van der Waals surface area contributed by atoms with Gasteiger partial charge >= 0.3 is 0 Å². The second-order valence-corrected chi connectivity index (χ2v) is 9.55. The molecule has 2 aliphatic carbocycles. The van der Waals surface area contributed by atoms with Gasteiger partial charge in [-0.1, -0.05) is 32.0 Å². The molecule has 160 valence electrons. The maximum Gasteiger partial charge on any atom is 0.222 e. The summed E-state index contributed by atoms with van der Waals surface area (Å²) in [4.78, 5) is 12.6. The van der Waals surface area contributed by atoms with Crippen molar-refractivity contribution in [3.05, 3.63) is 29.8 Å². The van der Waals surface area contributed by atoms with Crippen molar-refractivity contribution in [2.24, 2.45) is 22.7 Å². The number of amides is 1. The number of benzene rings is 1. The van der Waals surface area contributed by atoms with Gasteiger partial charge in [0.15, 0.2) is 0 Å². The summed E-state index contributed by atoms with van der Waals surface area (Å²) < 4.78 is 17.4. The number of hydrogen-bond acceptors (Lipinski definition) is 4. The van der Waals surface area contributed by atoms with E-state index in [4.69, 9.17) is 14.2 Å². The van der Waals surface area contributed by atoms with Crippen LogP contribution in [-0.4, -0.2) is 38.9 Å². The van der Waals surface area contributed by atoms with Gasteiger partial charge in [-0.15, -0.1) is 0 Å². The lowest BCUT2D eigenvalue weighted by molar-refractivity contribution is -0.138. The van der Waals surface area contributed by atoms with E-state index >= 15 is 0 Å². The predicted octanol–water partition coefficient (Wildman–Crippen LogP) is 4.12. The molecule has 0 unspecified atom stereocenters. The van der Waals surface area contributed by atoms with Gasteiger partial charge in [-0.05, 0) is 54.9 Å². The highest BCUT2D eigenvalue weighted by atomic mass is 16.5. The first-order valence-corrected chi connectivity index (χ1v) is 11.1. The zero-order valence-electron chi connectivity index (χ0n) is 18.2. The molecule has 1 saturated heterocycles. The largest absolute Gasteiger partial charge is 0.493 e. The molecular formula is C24H35NO4. The lowest BCUT2D eigenvalue weighted by Crippen LogP contribution is -2.59. The van der Waals surface area contributed by atoms with Crippen LogP contribution < -0.4 is 10.1 Å². The summed E-state index contributed by atoms with van der Waals surface area (Å²) in [7, 11) is 1.64. The Bertz CT molecular complexity index is 748. The molecule has 29 heavy (non-hydrogen) atoms. The summed E-state index contributed by atoms with van der Waals surface area (Å²) in [5.74, 6) is 2.04. The summed E-state index contributed by atoms with van der Waals surface area (Å²) in [5.41, 5.74) is 1.35. The number of hydrogen-bond donors (Lipinski definition) is 1.